The first-order chi connectivity index (χ1) is 11.6. The van der Waals surface area contributed by atoms with Crippen LogP contribution in [0.3, 0.4) is 0 Å². The van der Waals surface area contributed by atoms with Gasteiger partial charge in [-0.25, -0.2) is 0 Å². The van der Waals surface area contributed by atoms with Gasteiger partial charge in [-0.05, 0) is 41.1 Å². The second-order valence-corrected chi connectivity index (χ2v) is 8.84. The highest BCUT2D eigenvalue weighted by molar-refractivity contribution is 5.43. The average molecular weight is 349 g/mol. The number of nitrogens with zero attached hydrogens (tertiary/aromatic N) is 1. The van der Waals surface area contributed by atoms with Crippen LogP contribution in [0.4, 0.5) is 0 Å². The Morgan fingerprint density at radius 1 is 0.920 bits per heavy atom. The summed E-state index contributed by atoms with van der Waals surface area (Å²) >= 11 is 0. The zero-order valence-electron chi connectivity index (χ0n) is 17.8. The summed E-state index contributed by atoms with van der Waals surface area (Å²) in [5, 5.41) is 3.48. The molecule has 1 rings (SSSR count). The molecule has 0 aromatic heterocycles. The molecule has 1 N–H and O–H groups in total. The fraction of sp³-hybridized carbons (Fsp3) is 0.727. The second kappa shape index (κ2) is 9.59. The van der Waals surface area contributed by atoms with Gasteiger partial charge in [0, 0.05) is 19.6 Å². The third-order valence-electron chi connectivity index (χ3n) is 4.69. The molecule has 0 amide bonds. The van der Waals surface area contributed by atoms with Crippen molar-refractivity contribution in [1.29, 1.82) is 0 Å². The predicted octanol–water partition coefficient (Wildman–Crippen LogP) is 4.59. The van der Waals surface area contributed by atoms with E-state index in [4.69, 9.17) is 4.74 Å². The van der Waals surface area contributed by atoms with E-state index < -0.39 is 0 Å². The number of hydrogen-bond acceptors (Lipinski definition) is 3. The minimum absolute atomic E-state index is 0.0762. The molecular weight excluding hydrogens is 308 g/mol. The molecule has 0 fully saturated rings. The van der Waals surface area contributed by atoms with Gasteiger partial charge in [-0.1, -0.05) is 67.5 Å². The Hall–Kier alpha value is -1.06. The summed E-state index contributed by atoms with van der Waals surface area (Å²) in [6, 6.07) is 6.68. The highest BCUT2D eigenvalue weighted by Gasteiger charge is 2.22. The van der Waals surface area contributed by atoms with Crippen LogP contribution in [0.1, 0.15) is 66.5 Å². The molecule has 3 heteroatoms. The van der Waals surface area contributed by atoms with Crippen molar-refractivity contribution in [2.45, 2.75) is 66.2 Å². The standard InChI is InChI=1S/C22H40N2O/c1-9-24(10-2)15-13-23-14-16-25-20-12-11-18(21(3,4)5)17-19(20)22(6,7)8/h11-12,17,23H,9-10,13-16H2,1-8H3. The van der Waals surface area contributed by atoms with Crippen molar-refractivity contribution >= 4 is 0 Å². The van der Waals surface area contributed by atoms with Gasteiger partial charge in [0.25, 0.3) is 0 Å². The molecule has 0 heterocycles. The quantitative estimate of drug-likeness (QED) is 0.661. The Balaban J connectivity index is 2.61. The van der Waals surface area contributed by atoms with Crippen LogP contribution >= 0.6 is 0 Å². The first-order valence-electron chi connectivity index (χ1n) is 9.80. The van der Waals surface area contributed by atoms with E-state index in [0.29, 0.717) is 6.61 Å². The van der Waals surface area contributed by atoms with Crippen molar-refractivity contribution < 1.29 is 4.74 Å². The summed E-state index contributed by atoms with van der Waals surface area (Å²) in [6.45, 7) is 23.9. The first-order valence-corrected chi connectivity index (χ1v) is 9.80. The molecule has 0 aliphatic rings. The topological polar surface area (TPSA) is 24.5 Å². The van der Waals surface area contributed by atoms with Crippen molar-refractivity contribution in [3.8, 4) is 5.75 Å². The smallest absolute Gasteiger partial charge is 0.123 e. The molecule has 0 spiro atoms. The number of benzene rings is 1. The normalized spacial score (nSPS) is 12.7. The molecule has 0 atom stereocenters. The van der Waals surface area contributed by atoms with Crippen LogP contribution in [0.5, 0.6) is 5.75 Å². The van der Waals surface area contributed by atoms with Crippen LogP contribution in [-0.4, -0.2) is 44.2 Å². The van der Waals surface area contributed by atoms with Crippen LogP contribution in [-0.2, 0) is 10.8 Å². The molecule has 1 aromatic rings. The summed E-state index contributed by atoms with van der Waals surface area (Å²) in [5.41, 5.74) is 2.89. The van der Waals surface area contributed by atoms with E-state index in [1.54, 1.807) is 0 Å². The summed E-state index contributed by atoms with van der Waals surface area (Å²) in [5.74, 6) is 1.02. The molecule has 0 aliphatic carbocycles. The van der Waals surface area contributed by atoms with Gasteiger partial charge in [0.15, 0.2) is 0 Å². The van der Waals surface area contributed by atoms with Crippen LogP contribution in [0.2, 0.25) is 0 Å². The third kappa shape index (κ3) is 7.37. The maximum absolute atomic E-state index is 6.11. The summed E-state index contributed by atoms with van der Waals surface area (Å²) in [6.07, 6.45) is 0. The lowest BCUT2D eigenvalue weighted by molar-refractivity contribution is 0.282. The Bertz CT molecular complexity index is 508. The minimum Gasteiger partial charge on any atom is -0.492 e. The second-order valence-electron chi connectivity index (χ2n) is 8.84. The van der Waals surface area contributed by atoms with Gasteiger partial charge in [-0.15, -0.1) is 0 Å². The van der Waals surface area contributed by atoms with E-state index in [1.807, 2.05) is 0 Å². The number of ether oxygens (including phenoxy) is 1. The first kappa shape index (κ1) is 22.0. The minimum atomic E-state index is 0.0762. The molecule has 25 heavy (non-hydrogen) atoms. The van der Waals surface area contributed by atoms with E-state index in [0.717, 1.165) is 38.5 Å². The van der Waals surface area contributed by atoms with Gasteiger partial charge in [-0.2, -0.15) is 0 Å². The average Bonchev–Trinajstić information content (AvgIpc) is 2.52. The lowest BCUT2D eigenvalue weighted by Crippen LogP contribution is -2.33. The maximum Gasteiger partial charge on any atom is 0.123 e. The van der Waals surface area contributed by atoms with Gasteiger partial charge in [0.1, 0.15) is 12.4 Å². The van der Waals surface area contributed by atoms with Crippen molar-refractivity contribution in [3.63, 3.8) is 0 Å². The largest absolute Gasteiger partial charge is 0.492 e. The van der Waals surface area contributed by atoms with E-state index >= 15 is 0 Å². The number of hydrogen-bond donors (Lipinski definition) is 1. The van der Waals surface area contributed by atoms with Crippen LogP contribution in [0.15, 0.2) is 18.2 Å². The summed E-state index contributed by atoms with van der Waals surface area (Å²) < 4.78 is 6.11. The van der Waals surface area contributed by atoms with Gasteiger partial charge in [-0.3, -0.25) is 0 Å². The SMILES string of the molecule is CCN(CC)CCNCCOc1ccc(C(C)(C)C)cc1C(C)(C)C. The molecule has 1 aromatic carbocycles. The van der Waals surface area contributed by atoms with Gasteiger partial charge >= 0.3 is 0 Å². The van der Waals surface area contributed by atoms with Gasteiger partial charge in [0.2, 0.25) is 0 Å². The molecular formula is C22H40N2O. The Kier molecular flexibility index (Phi) is 8.43. The predicted molar refractivity (Wildman–Crippen MR) is 110 cm³/mol. The fourth-order valence-corrected chi connectivity index (χ4v) is 2.84. The molecule has 0 unspecified atom stereocenters. The number of likely N-dealkylation sites (N-methyl/N-ethyl adjacent to an activating group) is 1. The Morgan fingerprint density at radius 3 is 2.08 bits per heavy atom. The van der Waals surface area contributed by atoms with Gasteiger partial charge < -0.3 is 15.0 Å². The van der Waals surface area contributed by atoms with Crippen LogP contribution in [0, 0.1) is 0 Å². The van der Waals surface area contributed by atoms with E-state index in [1.165, 1.54) is 11.1 Å². The Morgan fingerprint density at radius 2 is 1.56 bits per heavy atom. The van der Waals surface area contributed by atoms with Crippen molar-refractivity contribution in [2.75, 3.05) is 39.3 Å². The molecule has 0 saturated heterocycles. The lowest BCUT2D eigenvalue weighted by Gasteiger charge is -2.27. The van der Waals surface area contributed by atoms with Crippen LogP contribution < -0.4 is 10.1 Å². The van der Waals surface area contributed by atoms with Crippen LogP contribution in [0.25, 0.3) is 0 Å². The summed E-state index contributed by atoms with van der Waals surface area (Å²) in [7, 11) is 0. The summed E-state index contributed by atoms with van der Waals surface area (Å²) in [4.78, 5) is 2.43. The maximum atomic E-state index is 6.11. The van der Waals surface area contributed by atoms with Crippen molar-refractivity contribution in [3.05, 3.63) is 29.3 Å². The molecule has 0 radical (unpaired) electrons. The third-order valence-corrected chi connectivity index (χ3v) is 4.69. The fourth-order valence-electron chi connectivity index (χ4n) is 2.84. The van der Waals surface area contributed by atoms with E-state index in [2.05, 4.69) is 83.8 Å². The molecule has 3 nitrogen and oxygen atoms in total. The molecule has 0 aliphatic heterocycles. The number of nitrogens with one attached hydrogen (secondary N) is 1. The van der Waals surface area contributed by atoms with Crippen molar-refractivity contribution in [2.24, 2.45) is 0 Å². The Labute approximate surface area is 156 Å². The highest BCUT2D eigenvalue weighted by atomic mass is 16.5. The molecule has 0 bridgehead atoms. The van der Waals surface area contributed by atoms with E-state index in [-0.39, 0.29) is 10.8 Å². The zero-order chi connectivity index (χ0) is 19.1. The zero-order valence-corrected chi connectivity index (χ0v) is 17.8. The lowest BCUT2D eigenvalue weighted by atomic mass is 9.80. The van der Waals surface area contributed by atoms with Gasteiger partial charge in [0.05, 0.1) is 0 Å². The highest BCUT2D eigenvalue weighted by Crippen LogP contribution is 2.35. The monoisotopic (exact) mass is 348 g/mol. The number of rotatable bonds is 9. The van der Waals surface area contributed by atoms with E-state index in [9.17, 15) is 0 Å². The van der Waals surface area contributed by atoms with Crippen molar-refractivity contribution in [1.82, 2.24) is 10.2 Å². The molecule has 0 saturated carbocycles. The molecule has 144 valence electrons.